The first-order valence-corrected chi connectivity index (χ1v) is 10.9. The fourth-order valence-electron chi connectivity index (χ4n) is 4.37. The molecule has 0 saturated carbocycles. The highest BCUT2D eigenvalue weighted by molar-refractivity contribution is 6.10. The van der Waals surface area contributed by atoms with E-state index in [4.69, 9.17) is 4.74 Å². The van der Waals surface area contributed by atoms with Gasteiger partial charge in [0.05, 0.1) is 18.9 Å². The van der Waals surface area contributed by atoms with Crippen LogP contribution in [0.5, 0.6) is 11.5 Å². The van der Waals surface area contributed by atoms with Gasteiger partial charge in [-0.05, 0) is 55.7 Å². The summed E-state index contributed by atoms with van der Waals surface area (Å²) in [4.78, 5) is 39.5. The molecule has 2 aromatic rings. The number of methoxy groups -OCH3 is 1. The first-order chi connectivity index (χ1) is 16.3. The largest absolute Gasteiger partial charge is 0.497 e. The maximum absolute atomic E-state index is 12.9. The van der Waals surface area contributed by atoms with E-state index in [1.165, 1.54) is 32.2 Å². The number of halogens is 2. The van der Waals surface area contributed by atoms with Gasteiger partial charge in [-0.2, -0.15) is 8.78 Å². The van der Waals surface area contributed by atoms with Gasteiger partial charge < -0.3 is 14.8 Å². The number of anilines is 1. The zero-order valence-corrected chi connectivity index (χ0v) is 18.7. The Labute approximate surface area is 195 Å². The number of hydrogen-bond acceptors (Lipinski definition) is 5. The van der Waals surface area contributed by atoms with Crippen molar-refractivity contribution in [1.82, 2.24) is 4.90 Å². The number of hydrogen-bond donors (Lipinski definition) is 1. The molecule has 1 heterocycles. The van der Waals surface area contributed by atoms with Gasteiger partial charge in [0.1, 0.15) is 17.5 Å². The van der Waals surface area contributed by atoms with Crippen molar-refractivity contribution in [3.63, 3.8) is 0 Å². The van der Waals surface area contributed by atoms with Crippen LogP contribution in [0.1, 0.15) is 19.8 Å². The van der Waals surface area contributed by atoms with E-state index in [2.05, 4.69) is 10.1 Å². The van der Waals surface area contributed by atoms with E-state index in [-0.39, 0.29) is 17.6 Å². The third-order valence-electron chi connectivity index (χ3n) is 6.17. The van der Waals surface area contributed by atoms with Gasteiger partial charge in [-0.25, -0.2) is 0 Å². The molecule has 0 bridgehead atoms. The van der Waals surface area contributed by atoms with Crippen LogP contribution in [0.3, 0.4) is 0 Å². The van der Waals surface area contributed by atoms with Gasteiger partial charge in [0.25, 0.3) is 0 Å². The number of ether oxygens (including phenoxy) is 2. The molecule has 3 amide bonds. The molecule has 34 heavy (non-hydrogen) atoms. The number of likely N-dealkylation sites (tertiary alicyclic amines) is 1. The molecule has 2 aliphatic rings. The minimum absolute atomic E-state index is 0.0623. The van der Waals surface area contributed by atoms with E-state index in [0.29, 0.717) is 35.4 Å². The number of allylic oxidation sites excluding steroid dienone is 2. The molecular formula is C25H24F2N2O5. The summed E-state index contributed by atoms with van der Waals surface area (Å²) >= 11 is 0. The Hall–Kier alpha value is -3.75. The van der Waals surface area contributed by atoms with Crippen molar-refractivity contribution >= 4 is 23.4 Å². The molecule has 4 rings (SSSR count). The van der Waals surface area contributed by atoms with Crippen molar-refractivity contribution in [2.45, 2.75) is 32.4 Å². The summed E-state index contributed by atoms with van der Waals surface area (Å²) in [5.41, 5.74) is 1.21. The summed E-state index contributed by atoms with van der Waals surface area (Å²) in [6.45, 7) is -1.53. The molecule has 0 aromatic heterocycles. The molecular weight excluding hydrogens is 446 g/mol. The molecule has 3 atom stereocenters. The molecule has 1 aliphatic carbocycles. The molecule has 1 saturated heterocycles. The lowest BCUT2D eigenvalue weighted by Crippen LogP contribution is -2.46. The summed E-state index contributed by atoms with van der Waals surface area (Å²) in [7, 11) is 1.51. The van der Waals surface area contributed by atoms with Crippen LogP contribution >= 0.6 is 0 Å². The second-order valence-electron chi connectivity index (χ2n) is 8.19. The molecule has 9 heteroatoms. The average Bonchev–Trinajstić information content (AvgIpc) is 3.09. The molecule has 7 nitrogen and oxygen atoms in total. The van der Waals surface area contributed by atoms with Crippen molar-refractivity contribution in [2.24, 2.45) is 11.8 Å². The maximum Gasteiger partial charge on any atom is 0.387 e. The number of carbonyl (C=O) groups excluding carboxylic acids is 3. The van der Waals surface area contributed by atoms with Crippen LogP contribution in [-0.4, -0.2) is 42.4 Å². The third kappa shape index (κ3) is 4.50. The minimum atomic E-state index is -3.03. The number of rotatable bonds is 7. The second-order valence-corrected chi connectivity index (χ2v) is 8.19. The number of amides is 3. The number of nitrogens with one attached hydrogen (secondary N) is 1. The average molecular weight is 470 g/mol. The molecule has 2 unspecified atom stereocenters. The lowest BCUT2D eigenvalue weighted by Gasteiger charge is -2.22. The van der Waals surface area contributed by atoms with Crippen LogP contribution in [0.15, 0.2) is 54.6 Å². The molecule has 0 radical (unpaired) electrons. The van der Waals surface area contributed by atoms with E-state index in [1.54, 1.807) is 24.3 Å². The molecule has 0 spiro atoms. The monoisotopic (exact) mass is 470 g/mol. The number of carbonyl (C=O) groups is 3. The molecule has 178 valence electrons. The van der Waals surface area contributed by atoms with Gasteiger partial charge in [-0.3, -0.25) is 19.3 Å². The van der Waals surface area contributed by atoms with Crippen LogP contribution in [0.2, 0.25) is 0 Å². The van der Waals surface area contributed by atoms with Crippen LogP contribution in [0, 0.1) is 11.8 Å². The lowest BCUT2D eigenvalue weighted by molar-refractivity contribution is -0.146. The Morgan fingerprint density at radius 2 is 1.65 bits per heavy atom. The number of benzene rings is 2. The second kappa shape index (κ2) is 9.62. The Morgan fingerprint density at radius 1 is 1.03 bits per heavy atom. The summed E-state index contributed by atoms with van der Waals surface area (Å²) in [5.74, 6) is -1.58. The zero-order valence-electron chi connectivity index (χ0n) is 18.7. The predicted molar refractivity (Wildman–Crippen MR) is 120 cm³/mol. The fourth-order valence-corrected chi connectivity index (χ4v) is 4.37. The van der Waals surface area contributed by atoms with Gasteiger partial charge in [-0.15, -0.1) is 0 Å². The smallest absolute Gasteiger partial charge is 0.387 e. The highest BCUT2D eigenvalue weighted by atomic mass is 19.3. The SMILES string of the molecule is COc1ccc(-c2cc(NC(=O)[C@H](C)N3C(=O)C4CC=CCC4C3=O)ccc2OC(F)F)cc1. The topological polar surface area (TPSA) is 84.9 Å². The fraction of sp³-hybridized carbons (Fsp3) is 0.320. The van der Waals surface area contributed by atoms with Crippen molar-refractivity contribution in [1.29, 1.82) is 0 Å². The highest BCUT2D eigenvalue weighted by Gasteiger charge is 2.50. The van der Waals surface area contributed by atoms with Gasteiger partial charge in [-0.1, -0.05) is 24.3 Å². The summed E-state index contributed by atoms with van der Waals surface area (Å²) < 4.78 is 35.7. The van der Waals surface area contributed by atoms with Crippen LogP contribution in [0.25, 0.3) is 11.1 Å². The molecule has 1 aliphatic heterocycles. The van der Waals surface area contributed by atoms with Crippen molar-refractivity contribution in [3.8, 4) is 22.6 Å². The van der Waals surface area contributed by atoms with E-state index >= 15 is 0 Å². The molecule has 1 fully saturated rings. The molecule has 1 N–H and O–H groups in total. The van der Waals surface area contributed by atoms with Crippen molar-refractivity contribution in [3.05, 3.63) is 54.6 Å². The third-order valence-corrected chi connectivity index (χ3v) is 6.17. The van der Waals surface area contributed by atoms with Crippen molar-refractivity contribution < 1.29 is 32.6 Å². The highest BCUT2D eigenvalue weighted by Crippen LogP contribution is 2.37. The van der Waals surface area contributed by atoms with Gasteiger partial charge in [0.2, 0.25) is 17.7 Å². The lowest BCUT2D eigenvalue weighted by atomic mass is 9.85. The maximum atomic E-state index is 12.9. The van der Waals surface area contributed by atoms with Crippen LogP contribution < -0.4 is 14.8 Å². The predicted octanol–water partition coefficient (Wildman–Crippen LogP) is 4.24. The van der Waals surface area contributed by atoms with Crippen molar-refractivity contribution in [2.75, 3.05) is 12.4 Å². The van der Waals surface area contributed by atoms with E-state index in [0.717, 1.165) is 4.90 Å². The summed E-state index contributed by atoms with van der Waals surface area (Å²) in [5, 5.41) is 2.69. The standard InChI is InChI=1S/C25H24F2N2O5/c1-14(29-23(31)18-5-3-4-6-19(18)24(29)32)22(30)28-16-9-12-21(34-25(26)27)20(13-16)15-7-10-17(33-2)11-8-15/h3-4,7-14,18-19,25H,5-6H2,1-2H3,(H,28,30)/t14-,18?,19?/m0/s1. The van der Waals surface area contributed by atoms with Crippen LogP contribution in [0.4, 0.5) is 14.5 Å². The Balaban J connectivity index is 1.56. The normalized spacial score (nSPS) is 20.3. The molecule has 2 aromatic carbocycles. The van der Waals surface area contributed by atoms with E-state index in [9.17, 15) is 23.2 Å². The minimum Gasteiger partial charge on any atom is -0.497 e. The van der Waals surface area contributed by atoms with Crippen LogP contribution in [-0.2, 0) is 14.4 Å². The van der Waals surface area contributed by atoms with Gasteiger partial charge in [0.15, 0.2) is 0 Å². The number of imide groups is 1. The van der Waals surface area contributed by atoms with Gasteiger partial charge >= 0.3 is 6.61 Å². The van der Waals surface area contributed by atoms with E-state index in [1.807, 2.05) is 12.2 Å². The first-order valence-electron chi connectivity index (χ1n) is 10.9. The Bertz CT molecular complexity index is 1110. The number of nitrogens with zero attached hydrogens (tertiary/aromatic N) is 1. The first kappa shape index (κ1) is 23.4. The number of alkyl halides is 2. The summed E-state index contributed by atoms with van der Waals surface area (Å²) in [6, 6.07) is 9.94. The van der Waals surface area contributed by atoms with E-state index < -0.39 is 30.4 Å². The Morgan fingerprint density at radius 3 is 2.21 bits per heavy atom. The zero-order chi connectivity index (χ0) is 24.4. The quantitative estimate of drug-likeness (QED) is 0.483. The Kier molecular flexibility index (Phi) is 6.63. The van der Waals surface area contributed by atoms with Gasteiger partial charge in [0, 0.05) is 11.3 Å². The number of fused-ring (bicyclic) bond motifs is 1. The summed E-state index contributed by atoms with van der Waals surface area (Å²) in [6.07, 6.45) is 4.72.